The summed E-state index contributed by atoms with van der Waals surface area (Å²) in [5.74, 6) is -3.47. The van der Waals surface area contributed by atoms with Crippen LogP contribution in [0.3, 0.4) is 0 Å². The van der Waals surface area contributed by atoms with E-state index < -0.39 is 30.8 Å². The van der Waals surface area contributed by atoms with E-state index in [-0.39, 0.29) is 19.6 Å². The normalized spacial score (nSPS) is 16.9. The van der Waals surface area contributed by atoms with Crippen molar-refractivity contribution in [3.63, 3.8) is 0 Å². The number of carboxylic acids is 1. The minimum atomic E-state index is -2.99. The highest BCUT2D eigenvalue weighted by atomic mass is 19.3. The van der Waals surface area contributed by atoms with E-state index >= 15 is 0 Å². The first-order valence-corrected chi connectivity index (χ1v) is 11.9. The van der Waals surface area contributed by atoms with Crippen LogP contribution in [0.15, 0.2) is 47.5 Å². The summed E-state index contributed by atoms with van der Waals surface area (Å²) in [4.78, 5) is 25.6. The van der Waals surface area contributed by atoms with Gasteiger partial charge in [-0.3, -0.25) is 4.79 Å². The lowest BCUT2D eigenvalue weighted by molar-refractivity contribution is -0.139. The fourth-order valence-electron chi connectivity index (χ4n) is 4.63. The van der Waals surface area contributed by atoms with Crippen LogP contribution in [0.5, 0.6) is 5.88 Å². The molecule has 1 saturated heterocycles. The molecule has 11 nitrogen and oxygen atoms in total. The lowest BCUT2D eigenvalue weighted by Gasteiger charge is -2.39. The van der Waals surface area contributed by atoms with Crippen LogP contribution in [0.1, 0.15) is 29.8 Å². The molecule has 0 spiro atoms. The van der Waals surface area contributed by atoms with Crippen LogP contribution in [-0.4, -0.2) is 60.0 Å². The topological polar surface area (TPSA) is 132 Å². The standard InChI is InChI=1S/C25H25F2N7O4/c1-15-18(12-37-22-9-21(28-14-29-22)34-7-3-6-30-34)24(38-32-15)19-4-5-20(16(2)31-19)33-11-17(8-23(35)36)10-25(26,27)13-33/h3-7,9,14,17H,8,10-13H2,1-2H3,(H,35,36)/t17-/m0/s1. The molecule has 0 aliphatic carbocycles. The number of rotatable bonds is 8. The lowest BCUT2D eigenvalue weighted by atomic mass is 9.92. The lowest BCUT2D eigenvalue weighted by Crippen LogP contribution is -2.48. The minimum Gasteiger partial charge on any atom is -0.481 e. The number of ether oxygens (including phenoxy) is 1. The van der Waals surface area contributed by atoms with Gasteiger partial charge in [-0.05, 0) is 38.0 Å². The molecule has 5 rings (SSSR count). The van der Waals surface area contributed by atoms with E-state index in [4.69, 9.17) is 14.4 Å². The van der Waals surface area contributed by atoms with Crippen LogP contribution in [0.4, 0.5) is 14.5 Å². The molecule has 1 fully saturated rings. The molecule has 0 bridgehead atoms. The first-order valence-electron chi connectivity index (χ1n) is 11.9. The minimum absolute atomic E-state index is 0.0952. The smallest absolute Gasteiger partial charge is 0.303 e. The number of nitrogens with zero attached hydrogens (tertiary/aromatic N) is 7. The molecule has 1 atom stereocenters. The number of aliphatic carboxylic acids is 1. The number of alkyl halides is 2. The molecule has 4 aromatic rings. The average molecular weight is 526 g/mol. The van der Waals surface area contributed by atoms with Gasteiger partial charge >= 0.3 is 5.97 Å². The Morgan fingerprint density at radius 1 is 1.26 bits per heavy atom. The Hall–Kier alpha value is -4.42. The zero-order valence-corrected chi connectivity index (χ0v) is 20.7. The third-order valence-electron chi connectivity index (χ3n) is 6.30. The highest BCUT2D eigenvalue weighted by molar-refractivity contribution is 5.67. The number of hydrogen-bond donors (Lipinski definition) is 1. The van der Waals surface area contributed by atoms with Crippen LogP contribution >= 0.6 is 0 Å². The molecule has 0 unspecified atom stereocenters. The number of pyridine rings is 1. The molecule has 13 heteroatoms. The quantitative estimate of drug-likeness (QED) is 0.362. The van der Waals surface area contributed by atoms with Gasteiger partial charge in [0.25, 0.3) is 5.92 Å². The number of hydrogen-bond acceptors (Lipinski definition) is 9. The summed E-state index contributed by atoms with van der Waals surface area (Å²) in [6, 6.07) is 6.80. The Balaban J connectivity index is 1.35. The summed E-state index contributed by atoms with van der Waals surface area (Å²) in [5.41, 5.74) is 2.77. The molecule has 198 valence electrons. The van der Waals surface area contributed by atoms with Crippen LogP contribution < -0.4 is 9.64 Å². The van der Waals surface area contributed by atoms with E-state index in [2.05, 4.69) is 25.2 Å². The Morgan fingerprint density at radius 2 is 2.11 bits per heavy atom. The van der Waals surface area contributed by atoms with Gasteiger partial charge in [-0.1, -0.05) is 5.16 Å². The van der Waals surface area contributed by atoms with Crippen molar-refractivity contribution < 1.29 is 27.9 Å². The van der Waals surface area contributed by atoms with Gasteiger partial charge in [0.2, 0.25) is 5.88 Å². The van der Waals surface area contributed by atoms with E-state index in [1.807, 2.05) is 0 Å². The van der Waals surface area contributed by atoms with Crippen molar-refractivity contribution in [2.75, 3.05) is 18.0 Å². The number of halogens is 2. The molecule has 0 aromatic carbocycles. The van der Waals surface area contributed by atoms with Gasteiger partial charge in [0, 0.05) is 31.4 Å². The molecule has 4 aromatic heterocycles. The van der Waals surface area contributed by atoms with Crippen molar-refractivity contribution in [3.8, 4) is 23.2 Å². The third kappa shape index (κ3) is 5.45. The zero-order valence-electron chi connectivity index (χ0n) is 20.7. The molecule has 0 amide bonds. The fourth-order valence-corrected chi connectivity index (χ4v) is 4.63. The summed E-state index contributed by atoms with van der Waals surface area (Å²) in [5, 5.41) is 17.3. The predicted molar refractivity (Wildman–Crippen MR) is 130 cm³/mol. The van der Waals surface area contributed by atoms with Crippen LogP contribution in [-0.2, 0) is 11.4 Å². The highest BCUT2D eigenvalue weighted by Gasteiger charge is 2.41. The maximum Gasteiger partial charge on any atom is 0.303 e. The second kappa shape index (κ2) is 10.1. The molecule has 38 heavy (non-hydrogen) atoms. The number of piperidine rings is 1. The largest absolute Gasteiger partial charge is 0.481 e. The molecule has 1 aliphatic heterocycles. The number of aromatic nitrogens is 6. The van der Waals surface area contributed by atoms with E-state index in [1.54, 1.807) is 55.2 Å². The van der Waals surface area contributed by atoms with Gasteiger partial charge in [-0.15, -0.1) is 0 Å². The van der Waals surface area contributed by atoms with Crippen molar-refractivity contribution in [1.82, 2.24) is 29.9 Å². The molecule has 0 saturated carbocycles. The van der Waals surface area contributed by atoms with Gasteiger partial charge in [0.1, 0.15) is 18.6 Å². The Morgan fingerprint density at radius 3 is 2.84 bits per heavy atom. The van der Waals surface area contributed by atoms with Crippen LogP contribution in [0.2, 0.25) is 0 Å². The summed E-state index contributed by atoms with van der Waals surface area (Å²) in [6.07, 6.45) is 4.01. The van der Waals surface area contributed by atoms with Crippen LogP contribution in [0, 0.1) is 19.8 Å². The molecule has 0 radical (unpaired) electrons. The number of anilines is 1. The molecular weight excluding hydrogens is 500 g/mol. The van der Waals surface area contributed by atoms with Crippen molar-refractivity contribution in [3.05, 3.63) is 59.9 Å². The SMILES string of the molecule is Cc1nc(-c2onc(C)c2COc2cc(-n3cccn3)ncn2)ccc1N1C[C@@H](CC(=O)O)CC(F)(F)C1. The summed E-state index contributed by atoms with van der Waals surface area (Å²) >= 11 is 0. The van der Waals surface area contributed by atoms with Crippen molar-refractivity contribution in [1.29, 1.82) is 0 Å². The molecule has 5 heterocycles. The van der Waals surface area contributed by atoms with Gasteiger partial charge in [-0.2, -0.15) is 5.10 Å². The fraction of sp³-hybridized carbons (Fsp3) is 0.360. The average Bonchev–Trinajstić information content (AvgIpc) is 3.51. The van der Waals surface area contributed by atoms with Crippen LogP contribution in [0.25, 0.3) is 17.3 Å². The van der Waals surface area contributed by atoms with E-state index in [9.17, 15) is 13.6 Å². The number of aryl methyl sites for hydroxylation is 2. The monoisotopic (exact) mass is 525 g/mol. The van der Waals surface area contributed by atoms with Gasteiger partial charge in [0.15, 0.2) is 11.6 Å². The highest BCUT2D eigenvalue weighted by Crippen LogP contribution is 2.36. The van der Waals surface area contributed by atoms with Gasteiger partial charge in [-0.25, -0.2) is 28.4 Å². The van der Waals surface area contributed by atoms with Crippen molar-refractivity contribution in [2.24, 2.45) is 5.92 Å². The number of carbonyl (C=O) groups is 1. The first-order chi connectivity index (χ1) is 18.2. The third-order valence-corrected chi connectivity index (χ3v) is 6.30. The van der Waals surface area contributed by atoms with Crippen molar-refractivity contribution in [2.45, 2.75) is 39.2 Å². The van der Waals surface area contributed by atoms with E-state index in [0.29, 0.717) is 45.8 Å². The first kappa shape index (κ1) is 25.2. The zero-order chi connectivity index (χ0) is 26.9. The Bertz CT molecular complexity index is 1440. The van der Waals surface area contributed by atoms with Crippen molar-refractivity contribution >= 4 is 11.7 Å². The maximum absolute atomic E-state index is 14.4. The van der Waals surface area contributed by atoms with E-state index in [1.165, 1.54) is 11.2 Å². The second-order valence-electron chi connectivity index (χ2n) is 9.23. The second-order valence-corrected chi connectivity index (χ2v) is 9.23. The maximum atomic E-state index is 14.4. The Kier molecular flexibility index (Phi) is 6.74. The Labute approximate surface area is 216 Å². The number of carboxylic acid groups (broad SMARTS) is 1. The molecule has 1 aliphatic rings. The van der Waals surface area contributed by atoms with E-state index in [0.717, 1.165) is 0 Å². The molecule has 1 N–H and O–H groups in total. The van der Waals surface area contributed by atoms with Gasteiger partial charge in [0.05, 0.1) is 35.6 Å². The summed E-state index contributed by atoms with van der Waals surface area (Å²) in [6.45, 7) is 3.31. The summed E-state index contributed by atoms with van der Waals surface area (Å²) in [7, 11) is 0. The predicted octanol–water partition coefficient (Wildman–Crippen LogP) is 3.84. The van der Waals surface area contributed by atoms with Gasteiger partial charge < -0.3 is 19.3 Å². The summed E-state index contributed by atoms with van der Waals surface area (Å²) < 4.78 is 41.8. The molecular formula is C25H25F2N7O4.